The molecule has 0 spiro atoms. The SMILES string of the molecule is COc1ccc([C@@H]2CCNC[C@@H]2N)cc1F. The average molecular weight is 224 g/mol. The number of methoxy groups -OCH3 is 1. The van der Waals surface area contributed by atoms with E-state index in [1.165, 1.54) is 13.2 Å². The van der Waals surface area contributed by atoms with E-state index in [0.29, 0.717) is 0 Å². The van der Waals surface area contributed by atoms with Gasteiger partial charge in [0.2, 0.25) is 0 Å². The predicted octanol–water partition coefficient (Wildman–Crippen LogP) is 1.24. The Morgan fingerprint density at radius 2 is 2.31 bits per heavy atom. The Morgan fingerprint density at radius 1 is 1.50 bits per heavy atom. The third-order valence-electron chi connectivity index (χ3n) is 3.13. The molecule has 0 saturated carbocycles. The number of benzene rings is 1. The second-order valence-electron chi connectivity index (χ2n) is 4.16. The summed E-state index contributed by atoms with van der Waals surface area (Å²) in [5.41, 5.74) is 6.98. The van der Waals surface area contributed by atoms with E-state index in [2.05, 4.69) is 5.32 Å². The highest BCUT2D eigenvalue weighted by atomic mass is 19.1. The summed E-state index contributed by atoms with van der Waals surface area (Å²) >= 11 is 0. The lowest BCUT2D eigenvalue weighted by atomic mass is 9.86. The molecule has 0 radical (unpaired) electrons. The number of hydrogen-bond donors (Lipinski definition) is 2. The predicted molar refractivity (Wildman–Crippen MR) is 61.2 cm³/mol. The van der Waals surface area contributed by atoms with Crippen LogP contribution >= 0.6 is 0 Å². The van der Waals surface area contributed by atoms with Gasteiger partial charge in [0.25, 0.3) is 0 Å². The van der Waals surface area contributed by atoms with Crippen molar-refractivity contribution in [3.63, 3.8) is 0 Å². The van der Waals surface area contributed by atoms with Crippen LogP contribution in [0.4, 0.5) is 4.39 Å². The minimum absolute atomic E-state index is 0.0570. The Balaban J connectivity index is 2.22. The fraction of sp³-hybridized carbons (Fsp3) is 0.500. The molecule has 0 aliphatic carbocycles. The first-order valence-electron chi connectivity index (χ1n) is 5.52. The highest BCUT2D eigenvalue weighted by Gasteiger charge is 2.23. The molecule has 2 rings (SSSR count). The summed E-state index contributed by atoms with van der Waals surface area (Å²) in [4.78, 5) is 0. The first kappa shape index (κ1) is 11.4. The van der Waals surface area contributed by atoms with E-state index in [4.69, 9.17) is 10.5 Å². The molecule has 1 aromatic rings. The number of ether oxygens (including phenoxy) is 1. The Hall–Kier alpha value is -1.13. The van der Waals surface area contributed by atoms with Gasteiger partial charge >= 0.3 is 0 Å². The molecule has 3 nitrogen and oxygen atoms in total. The smallest absolute Gasteiger partial charge is 0.165 e. The summed E-state index contributed by atoms with van der Waals surface area (Å²) in [6.45, 7) is 1.73. The quantitative estimate of drug-likeness (QED) is 0.794. The van der Waals surface area contributed by atoms with Gasteiger partial charge in [0.15, 0.2) is 11.6 Å². The van der Waals surface area contributed by atoms with Crippen molar-refractivity contribution >= 4 is 0 Å². The number of halogens is 1. The van der Waals surface area contributed by atoms with Crippen LogP contribution in [-0.2, 0) is 0 Å². The molecule has 1 saturated heterocycles. The van der Waals surface area contributed by atoms with Crippen molar-refractivity contribution in [3.05, 3.63) is 29.6 Å². The molecule has 1 aromatic carbocycles. The minimum Gasteiger partial charge on any atom is -0.494 e. The first-order valence-corrected chi connectivity index (χ1v) is 5.52. The van der Waals surface area contributed by atoms with Crippen molar-refractivity contribution in [3.8, 4) is 5.75 Å². The topological polar surface area (TPSA) is 47.3 Å². The molecule has 4 heteroatoms. The van der Waals surface area contributed by atoms with Crippen LogP contribution < -0.4 is 15.8 Å². The monoisotopic (exact) mass is 224 g/mol. The molecule has 0 aromatic heterocycles. The van der Waals surface area contributed by atoms with E-state index in [-0.39, 0.29) is 23.5 Å². The van der Waals surface area contributed by atoms with Crippen LogP contribution in [0.2, 0.25) is 0 Å². The van der Waals surface area contributed by atoms with E-state index in [0.717, 1.165) is 25.1 Å². The lowest BCUT2D eigenvalue weighted by molar-refractivity contribution is 0.381. The third-order valence-corrected chi connectivity index (χ3v) is 3.13. The molecule has 1 aliphatic heterocycles. The molecular weight excluding hydrogens is 207 g/mol. The number of nitrogens with two attached hydrogens (primary N) is 1. The second-order valence-corrected chi connectivity index (χ2v) is 4.16. The summed E-state index contributed by atoms with van der Waals surface area (Å²) < 4.78 is 18.4. The normalized spacial score (nSPS) is 25.4. The molecule has 0 unspecified atom stereocenters. The van der Waals surface area contributed by atoms with E-state index >= 15 is 0 Å². The van der Waals surface area contributed by atoms with E-state index in [9.17, 15) is 4.39 Å². The largest absolute Gasteiger partial charge is 0.494 e. The Bertz CT molecular complexity index is 370. The zero-order valence-electron chi connectivity index (χ0n) is 9.37. The Morgan fingerprint density at radius 3 is 2.94 bits per heavy atom. The van der Waals surface area contributed by atoms with Crippen LogP contribution in [0.15, 0.2) is 18.2 Å². The van der Waals surface area contributed by atoms with Gasteiger partial charge in [-0.25, -0.2) is 4.39 Å². The number of piperidine rings is 1. The summed E-state index contributed by atoms with van der Waals surface area (Å²) in [7, 11) is 1.47. The van der Waals surface area contributed by atoms with Crippen LogP contribution in [0, 0.1) is 5.82 Å². The molecule has 1 aliphatic rings. The Kier molecular flexibility index (Phi) is 3.41. The van der Waals surface area contributed by atoms with Crippen molar-refractivity contribution in [2.24, 2.45) is 5.73 Å². The van der Waals surface area contributed by atoms with Gasteiger partial charge in [-0.05, 0) is 30.7 Å². The van der Waals surface area contributed by atoms with Gasteiger partial charge in [-0.3, -0.25) is 0 Å². The number of nitrogens with one attached hydrogen (secondary N) is 1. The Labute approximate surface area is 94.8 Å². The zero-order valence-corrected chi connectivity index (χ0v) is 9.37. The maximum absolute atomic E-state index is 13.6. The first-order chi connectivity index (χ1) is 7.72. The van der Waals surface area contributed by atoms with Crippen LogP contribution in [0.5, 0.6) is 5.75 Å². The van der Waals surface area contributed by atoms with Crippen molar-refractivity contribution in [1.82, 2.24) is 5.32 Å². The van der Waals surface area contributed by atoms with Crippen LogP contribution in [0.1, 0.15) is 17.9 Å². The summed E-state index contributed by atoms with van der Waals surface area (Å²) in [5, 5.41) is 3.23. The maximum Gasteiger partial charge on any atom is 0.165 e. The average Bonchev–Trinajstić information content (AvgIpc) is 2.29. The van der Waals surface area contributed by atoms with Crippen LogP contribution in [0.25, 0.3) is 0 Å². The minimum atomic E-state index is -0.314. The number of hydrogen-bond acceptors (Lipinski definition) is 3. The van der Waals surface area contributed by atoms with E-state index < -0.39 is 0 Å². The van der Waals surface area contributed by atoms with E-state index in [1.807, 2.05) is 6.07 Å². The standard InChI is InChI=1S/C12H17FN2O/c1-16-12-3-2-8(6-10(12)13)9-4-5-15-7-11(9)14/h2-3,6,9,11,15H,4-5,7,14H2,1H3/t9-,11-/m0/s1. The van der Waals surface area contributed by atoms with Gasteiger partial charge in [-0.1, -0.05) is 6.07 Å². The fourth-order valence-corrected chi connectivity index (χ4v) is 2.21. The van der Waals surface area contributed by atoms with Crippen molar-refractivity contribution in [2.45, 2.75) is 18.4 Å². The highest BCUT2D eigenvalue weighted by molar-refractivity contribution is 5.32. The molecule has 1 heterocycles. The zero-order chi connectivity index (χ0) is 11.5. The lowest BCUT2D eigenvalue weighted by Gasteiger charge is -2.29. The molecule has 16 heavy (non-hydrogen) atoms. The molecule has 0 amide bonds. The van der Waals surface area contributed by atoms with Crippen LogP contribution in [-0.4, -0.2) is 26.2 Å². The second kappa shape index (κ2) is 4.80. The molecule has 1 fully saturated rings. The van der Waals surface area contributed by atoms with Gasteiger partial charge < -0.3 is 15.8 Å². The van der Waals surface area contributed by atoms with Crippen molar-refractivity contribution < 1.29 is 9.13 Å². The molecule has 88 valence electrons. The maximum atomic E-state index is 13.6. The molecular formula is C12H17FN2O. The van der Waals surface area contributed by atoms with Gasteiger partial charge in [-0.2, -0.15) is 0 Å². The molecule has 2 atom stereocenters. The van der Waals surface area contributed by atoms with Gasteiger partial charge in [-0.15, -0.1) is 0 Å². The summed E-state index contributed by atoms with van der Waals surface area (Å²) in [5.74, 6) is 0.207. The van der Waals surface area contributed by atoms with Gasteiger partial charge in [0.05, 0.1) is 7.11 Å². The van der Waals surface area contributed by atoms with Crippen molar-refractivity contribution in [1.29, 1.82) is 0 Å². The van der Waals surface area contributed by atoms with E-state index in [1.54, 1.807) is 6.07 Å². The van der Waals surface area contributed by atoms with Gasteiger partial charge in [0, 0.05) is 18.5 Å². The van der Waals surface area contributed by atoms with Crippen LogP contribution in [0.3, 0.4) is 0 Å². The summed E-state index contributed by atoms with van der Waals surface area (Å²) in [6, 6.07) is 5.16. The number of rotatable bonds is 2. The highest BCUT2D eigenvalue weighted by Crippen LogP contribution is 2.28. The van der Waals surface area contributed by atoms with Crippen molar-refractivity contribution in [2.75, 3.05) is 20.2 Å². The molecule has 3 N–H and O–H groups in total. The lowest BCUT2D eigenvalue weighted by Crippen LogP contribution is -2.44. The third kappa shape index (κ3) is 2.18. The van der Waals surface area contributed by atoms with Gasteiger partial charge in [0.1, 0.15) is 0 Å². The molecule has 0 bridgehead atoms. The fourth-order valence-electron chi connectivity index (χ4n) is 2.21. The summed E-state index contributed by atoms with van der Waals surface area (Å²) in [6.07, 6.45) is 0.951.